The SMILES string of the molecule is CC1CCCCCN1C(=O)N[C@@H](CCC(=O)O)C(=O)O. The van der Waals surface area contributed by atoms with Crippen molar-refractivity contribution in [2.75, 3.05) is 6.54 Å². The number of aliphatic carboxylic acids is 2. The molecule has 1 rings (SSSR count). The molecule has 3 N–H and O–H groups in total. The number of carboxylic acid groups (broad SMARTS) is 2. The molecule has 1 unspecified atom stereocenters. The average molecular weight is 286 g/mol. The van der Waals surface area contributed by atoms with Crippen molar-refractivity contribution in [3.8, 4) is 0 Å². The minimum atomic E-state index is -1.21. The van der Waals surface area contributed by atoms with Crippen molar-refractivity contribution >= 4 is 18.0 Å². The summed E-state index contributed by atoms with van der Waals surface area (Å²) in [5.41, 5.74) is 0. The van der Waals surface area contributed by atoms with Crippen LogP contribution in [-0.4, -0.2) is 51.7 Å². The van der Waals surface area contributed by atoms with Crippen LogP contribution in [0.1, 0.15) is 45.4 Å². The van der Waals surface area contributed by atoms with E-state index in [1.807, 2.05) is 6.92 Å². The van der Waals surface area contributed by atoms with E-state index >= 15 is 0 Å². The summed E-state index contributed by atoms with van der Waals surface area (Å²) in [6.45, 7) is 2.55. The van der Waals surface area contributed by atoms with E-state index in [2.05, 4.69) is 5.32 Å². The minimum absolute atomic E-state index is 0.0754. The van der Waals surface area contributed by atoms with Crippen molar-refractivity contribution < 1.29 is 24.6 Å². The molecule has 20 heavy (non-hydrogen) atoms. The molecule has 0 aromatic heterocycles. The number of amides is 2. The van der Waals surface area contributed by atoms with Crippen molar-refractivity contribution in [2.24, 2.45) is 0 Å². The van der Waals surface area contributed by atoms with E-state index in [1.54, 1.807) is 4.90 Å². The zero-order valence-corrected chi connectivity index (χ0v) is 11.7. The maximum Gasteiger partial charge on any atom is 0.326 e. The Morgan fingerprint density at radius 3 is 2.55 bits per heavy atom. The van der Waals surface area contributed by atoms with Crippen LogP contribution in [0.5, 0.6) is 0 Å². The largest absolute Gasteiger partial charge is 0.481 e. The topological polar surface area (TPSA) is 107 Å². The van der Waals surface area contributed by atoms with Gasteiger partial charge in [-0.25, -0.2) is 9.59 Å². The van der Waals surface area contributed by atoms with Crippen molar-refractivity contribution in [1.29, 1.82) is 0 Å². The molecule has 0 aliphatic carbocycles. The fourth-order valence-electron chi connectivity index (χ4n) is 2.33. The molecule has 1 aliphatic heterocycles. The highest BCUT2D eigenvalue weighted by Gasteiger charge is 2.27. The van der Waals surface area contributed by atoms with Crippen LogP contribution < -0.4 is 5.32 Å². The Bertz CT molecular complexity index is 372. The molecule has 2 amide bonds. The molecule has 1 aliphatic rings. The number of carbonyl (C=O) groups excluding carboxylic acids is 1. The maximum atomic E-state index is 12.1. The molecular formula is C13H22N2O5. The Balaban J connectivity index is 2.59. The second-order valence-corrected chi connectivity index (χ2v) is 5.16. The number of carbonyl (C=O) groups is 3. The minimum Gasteiger partial charge on any atom is -0.481 e. The maximum absolute atomic E-state index is 12.1. The molecule has 1 heterocycles. The normalized spacial score (nSPS) is 20.9. The van der Waals surface area contributed by atoms with Gasteiger partial charge in [-0.2, -0.15) is 0 Å². The summed E-state index contributed by atoms with van der Waals surface area (Å²) >= 11 is 0. The van der Waals surface area contributed by atoms with Gasteiger partial charge in [0.05, 0.1) is 0 Å². The third-order valence-electron chi connectivity index (χ3n) is 3.56. The van der Waals surface area contributed by atoms with E-state index in [1.165, 1.54) is 0 Å². The smallest absolute Gasteiger partial charge is 0.326 e. The molecule has 0 spiro atoms. The second-order valence-electron chi connectivity index (χ2n) is 5.16. The Kier molecular flexibility index (Phi) is 6.27. The summed E-state index contributed by atoms with van der Waals surface area (Å²) in [7, 11) is 0. The van der Waals surface area contributed by atoms with Gasteiger partial charge >= 0.3 is 18.0 Å². The molecule has 7 nitrogen and oxygen atoms in total. The highest BCUT2D eigenvalue weighted by molar-refractivity contribution is 5.83. The van der Waals surface area contributed by atoms with Gasteiger partial charge in [0.25, 0.3) is 0 Å². The zero-order valence-electron chi connectivity index (χ0n) is 11.7. The molecule has 0 saturated carbocycles. The summed E-state index contributed by atoms with van der Waals surface area (Å²) in [5, 5.41) is 20.0. The average Bonchev–Trinajstić information content (AvgIpc) is 2.58. The first kappa shape index (κ1) is 16.3. The quantitative estimate of drug-likeness (QED) is 0.705. The molecule has 1 saturated heterocycles. The van der Waals surface area contributed by atoms with Crippen molar-refractivity contribution in [3.63, 3.8) is 0 Å². The molecule has 0 aromatic carbocycles. The number of likely N-dealkylation sites (tertiary alicyclic amines) is 1. The van der Waals surface area contributed by atoms with Gasteiger partial charge in [-0.05, 0) is 26.2 Å². The standard InChI is InChI=1S/C13H22N2O5/c1-9-5-3-2-4-8-15(9)13(20)14-10(12(18)19)6-7-11(16)17/h9-10H,2-8H2,1H3,(H,14,20)(H,16,17)(H,18,19)/t9?,10-/m0/s1. The predicted molar refractivity (Wildman–Crippen MR) is 71.5 cm³/mol. The first-order chi connectivity index (χ1) is 9.41. The number of nitrogens with zero attached hydrogens (tertiary/aromatic N) is 1. The number of carboxylic acids is 2. The Hall–Kier alpha value is -1.79. The van der Waals surface area contributed by atoms with Gasteiger partial charge in [0.2, 0.25) is 0 Å². The summed E-state index contributed by atoms with van der Waals surface area (Å²) in [5.74, 6) is -2.28. The van der Waals surface area contributed by atoms with Crippen LogP contribution in [-0.2, 0) is 9.59 Å². The number of rotatable bonds is 5. The van der Waals surface area contributed by atoms with Gasteiger partial charge in [0.15, 0.2) is 0 Å². The lowest BCUT2D eigenvalue weighted by Gasteiger charge is -2.28. The number of nitrogens with one attached hydrogen (secondary N) is 1. The molecule has 2 atom stereocenters. The van der Waals surface area contributed by atoms with Gasteiger partial charge in [0.1, 0.15) is 6.04 Å². The molecule has 1 fully saturated rings. The third-order valence-corrected chi connectivity index (χ3v) is 3.56. The summed E-state index contributed by atoms with van der Waals surface area (Å²) in [4.78, 5) is 35.3. The van der Waals surface area contributed by atoms with E-state index in [9.17, 15) is 14.4 Å². The van der Waals surface area contributed by atoms with Gasteiger partial charge in [-0.15, -0.1) is 0 Å². The van der Waals surface area contributed by atoms with Crippen molar-refractivity contribution in [1.82, 2.24) is 10.2 Å². The Labute approximate surface area is 117 Å². The van der Waals surface area contributed by atoms with Gasteiger partial charge in [0, 0.05) is 19.0 Å². The van der Waals surface area contributed by atoms with E-state index in [4.69, 9.17) is 10.2 Å². The van der Waals surface area contributed by atoms with Crippen LogP contribution in [0, 0.1) is 0 Å². The van der Waals surface area contributed by atoms with Crippen molar-refractivity contribution in [3.05, 3.63) is 0 Å². The van der Waals surface area contributed by atoms with E-state index in [0.29, 0.717) is 6.54 Å². The van der Waals surface area contributed by atoms with E-state index in [0.717, 1.165) is 25.7 Å². The molecule has 7 heteroatoms. The molecule has 0 radical (unpaired) electrons. The van der Waals surface area contributed by atoms with Gasteiger partial charge < -0.3 is 20.4 Å². The van der Waals surface area contributed by atoms with Crippen LogP contribution in [0.4, 0.5) is 4.79 Å². The van der Waals surface area contributed by atoms with E-state index in [-0.39, 0.29) is 18.9 Å². The Morgan fingerprint density at radius 2 is 1.95 bits per heavy atom. The van der Waals surface area contributed by atoms with Crippen LogP contribution in [0.25, 0.3) is 0 Å². The Morgan fingerprint density at radius 1 is 1.25 bits per heavy atom. The number of hydrogen-bond acceptors (Lipinski definition) is 3. The van der Waals surface area contributed by atoms with Crippen LogP contribution >= 0.6 is 0 Å². The zero-order chi connectivity index (χ0) is 15.1. The fraction of sp³-hybridized carbons (Fsp3) is 0.769. The van der Waals surface area contributed by atoms with E-state index < -0.39 is 24.0 Å². The summed E-state index contributed by atoms with van der Waals surface area (Å²) in [6.07, 6.45) is 3.54. The lowest BCUT2D eigenvalue weighted by molar-refractivity contribution is -0.140. The third kappa shape index (κ3) is 5.07. The molecule has 0 bridgehead atoms. The predicted octanol–water partition coefficient (Wildman–Crippen LogP) is 1.28. The summed E-state index contributed by atoms with van der Waals surface area (Å²) in [6, 6.07) is -1.50. The monoisotopic (exact) mass is 286 g/mol. The first-order valence-electron chi connectivity index (χ1n) is 6.93. The molecule has 0 aromatic rings. The summed E-state index contributed by atoms with van der Waals surface area (Å²) < 4.78 is 0. The van der Waals surface area contributed by atoms with Crippen LogP contribution in [0.15, 0.2) is 0 Å². The van der Waals surface area contributed by atoms with Crippen molar-refractivity contribution in [2.45, 2.75) is 57.5 Å². The van der Waals surface area contributed by atoms with Crippen LogP contribution in [0.3, 0.4) is 0 Å². The lowest BCUT2D eigenvalue weighted by Crippen LogP contribution is -2.50. The fourth-order valence-corrected chi connectivity index (χ4v) is 2.33. The lowest BCUT2D eigenvalue weighted by atomic mass is 10.1. The number of hydrogen-bond donors (Lipinski definition) is 3. The highest BCUT2D eigenvalue weighted by Crippen LogP contribution is 2.16. The first-order valence-corrected chi connectivity index (χ1v) is 6.93. The second kappa shape index (κ2) is 7.72. The van der Waals surface area contributed by atoms with Gasteiger partial charge in [-0.1, -0.05) is 12.8 Å². The van der Waals surface area contributed by atoms with Crippen LogP contribution in [0.2, 0.25) is 0 Å². The molecule has 114 valence electrons. The van der Waals surface area contributed by atoms with Gasteiger partial charge in [-0.3, -0.25) is 4.79 Å². The number of urea groups is 1. The highest BCUT2D eigenvalue weighted by atomic mass is 16.4. The molecular weight excluding hydrogens is 264 g/mol.